The average Bonchev–Trinajstić information content (AvgIpc) is 2.91. The Labute approximate surface area is 145 Å². The van der Waals surface area contributed by atoms with E-state index < -0.39 is 13.2 Å². The highest BCUT2D eigenvalue weighted by atomic mass is 31.2. The predicted molar refractivity (Wildman–Crippen MR) is 92.5 cm³/mol. The Balaban J connectivity index is 2.40. The molecule has 0 saturated carbocycles. The zero-order valence-electron chi connectivity index (χ0n) is 15.6. The van der Waals surface area contributed by atoms with Gasteiger partial charge in [-0.15, -0.1) is 0 Å². The number of likely N-dealkylation sites (tertiary alicyclic amines) is 1. The van der Waals surface area contributed by atoms with Crippen LogP contribution in [0.5, 0.6) is 0 Å². The first-order valence-corrected chi connectivity index (χ1v) is 10.4. The summed E-state index contributed by atoms with van der Waals surface area (Å²) in [6.45, 7) is 11.2. The molecule has 1 aliphatic heterocycles. The van der Waals surface area contributed by atoms with Crippen LogP contribution in [0.15, 0.2) is 0 Å². The normalized spacial score (nSPS) is 18.9. The molecule has 0 aromatic carbocycles. The van der Waals surface area contributed by atoms with Gasteiger partial charge in [0.05, 0.1) is 38.6 Å². The smallest absolute Gasteiger partial charge is 0.410 e. The van der Waals surface area contributed by atoms with Gasteiger partial charge < -0.3 is 23.4 Å². The van der Waals surface area contributed by atoms with Gasteiger partial charge in [0, 0.05) is 6.54 Å². The molecule has 0 aromatic heterocycles. The Morgan fingerprint density at radius 3 is 2.38 bits per heavy atom. The molecular formula is C16H32NO6P. The molecule has 1 rings (SSSR count). The number of hydrogen-bond acceptors (Lipinski definition) is 6. The van der Waals surface area contributed by atoms with E-state index in [1.807, 2.05) is 20.8 Å². The fourth-order valence-electron chi connectivity index (χ4n) is 2.53. The molecule has 142 valence electrons. The van der Waals surface area contributed by atoms with Crippen molar-refractivity contribution in [2.75, 3.05) is 39.1 Å². The highest BCUT2D eigenvalue weighted by Gasteiger charge is 2.32. The molecule has 1 unspecified atom stereocenters. The number of amides is 1. The van der Waals surface area contributed by atoms with E-state index in [1.165, 1.54) is 0 Å². The van der Waals surface area contributed by atoms with Crippen LogP contribution in [0, 0.1) is 0 Å². The molecule has 1 aliphatic rings. The molecule has 1 fully saturated rings. The van der Waals surface area contributed by atoms with Crippen LogP contribution >= 0.6 is 7.60 Å². The SMILES string of the molecule is CCOP(=O)(CCOCC1CCCN1C(=O)OC(C)(C)C)OCC. The van der Waals surface area contributed by atoms with E-state index in [0.717, 1.165) is 12.8 Å². The second-order valence-corrected chi connectivity index (χ2v) is 8.90. The maximum absolute atomic E-state index is 12.3. The first-order valence-electron chi connectivity index (χ1n) is 8.66. The largest absolute Gasteiger partial charge is 0.444 e. The molecule has 0 N–H and O–H groups in total. The molecule has 0 spiro atoms. The van der Waals surface area contributed by atoms with Crippen LogP contribution in [0.25, 0.3) is 0 Å². The summed E-state index contributed by atoms with van der Waals surface area (Å²) in [4.78, 5) is 13.9. The minimum absolute atomic E-state index is 0.00146. The number of hydrogen-bond donors (Lipinski definition) is 0. The van der Waals surface area contributed by atoms with Gasteiger partial charge in [-0.3, -0.25) is 4.57 Å². The van der Waals surface area contributed by atoms with Gasteiger partial charge in [-0.25, -0.2) is 4.79 Å². The summed E-state index contributed by atoms with van der Waals surface area (Å²) in [6.07, 6.45) is 1.73. The molecule has 1 saturated heterocycles. The first-order chi connectivity index (χ1) is 11.2. The van der Waals surface area contributed by atoms with Crippen LogP contribution in [0.2, 0.25) is 0 Å². The maximum Gasteiger partial charge on any atom is 0.410 e. The molecule has 1 atom stereocenters. The maximum atomic E-state index is 12.3. The van der Waals surface area contributed by atoms with Crippen LogP contribution in [0.3, 0.4) is 0 Å². The van der Waals surface area contributed by atoms with Crippen molar-refractivity contribution >= 4 is 13.7 Å². The van der Waals surface area contributed by atoms with Gasteiger partial charge >= 0.3 is 13.7 Å². The lowest BCUT2D eigenvalue weighted by Crippen LogP contribution is -2.41. The summed E-state index contributed by atoms with van der Waals surface area (Å²) in [5.41, 5.74) is -0.507. The molecule has 8 heteroatoms. The minimum Gasteiger partial charge on any atom is -0.444 e. The first kappa shape index (κ1) is 21.4. The van der Waals surface area contributed by atoms with Gasteiger partial charge in [0.1, 0.15) is 5.60 Å². The third-order valence-electron chi connectivity index (χ3n) is 3.48. The number of carbonyl (C=O) groups excluding carboxylic acids is 1. The third-order valence-corrected chi connectivity index (χ3v) is 5.51. The molecule has 0 aliphatic carbocycles. The van der Waals surface area contributed by atoms with Crippen LogP contribution in [0.1, 0.15) is 47.5 Å². The molecule has 0 bridgehead atoms. The van der Waals surface area contributed by atoms with Gasteiger partial charge in [-0.2, -0.15) is 0 Å². The van der Waals surface area contributed by atoms with E-state index in [9.17, 15) is 9.36 Å². The number of rotatable bonds is 9. The zero-order valence-corrected chi connectivity index (χ0v) is 16.5. The van der Waals surface area contributed by atoms with E-state index in [0.29, 0.717) is 26.4 Å². The minimum atomic E-state index is -3.07. The Morgan fingerprint density at radius 2 is 1.83 bits per heavy atom. The van der Waals surface area contributed by atoms with Crippen molar-refractivity contribution in [2.45, 2.75) is 59.1 Å². The summed E-state index contributed by atoms with van der Waals surface area (Å²) >= 11 is 0. The van der Waals surface area contributed by atoms with Crippen molar-refractivity contribution in [1.29, 1.82) is 0 Å². The average molecular weight is 365 g/mol. The molecule has 0 radical (unpaired) electrons. The number of nitrogens with zero attached hydrogens (tertiary/aromatic N) is 1. The zero-order chi connectivity index (χ0) is 18.2. The van der Waals surface area contributed by atoms with Crippen molar-refractivity contribution in [3.63, 3.8) is 0 Å². The van der Waals surface area contributed by atoms with Crippen molar-refractivity contribution in [3.8, 4) is 0 Å². The van der Waals surface area contributed by atoms with Crippen LogP contribution < -0.4 is 0 Å². The van der Waals surface area contributed by atoms with E-state index >= 15 is 0 Å². The molecule has 24 heavy (non-hydrogen) atoms. The Morgan fingerprint density at radius 1 is 1.21 bits per heavy atom. The monoisotopic (exact) mass is 365 g/mol. The lowest BCUT2D eigenvalue weighted by Gasteiger charge is -2.28. The topological polar surface area (TPSA) is 74.3 Å². The number of carbonyl (C=O) groups is 1. The quantitative estimate of drug-likeness (QED) is 0.458. The second kappa shape index (κ2) is 9.76. The summed E-state index contributed by atoms with van der Waals surface area (Å²) in [5, 5.41) is 0. The summed E-state index contributed by atoms with van der Waals surface area (Å²) in [5.74, 6) is 0. The lowest BCUT2D eigenvalue weighted by molar-refractivity contribution is 0.0114. The second-order valence-electron chi connectivity index (χ2n) is 6.71. The highest BCUT2D eigenvalue weighted by molar-refractivity contribution is 7.53. The Hall–Kier alpha value is -0.620. The lowest BCUT2D eigenvalue weighted by atomic mass is 10.2. The molecule has 0 aromatic rings. The number of ether oxygens (including phenoxy) is 2. The van der Waals surface area contributed by atoms with Crippen molar-refractivity contribution in [2.24, 2.45) is 0 Å². The predicted octanol–water partition coefficient (Wildman–Crippen LogP) is 3.67. The van der Waals surface area contributed by atoms with E-state index in [2.05, 4.69) is 0 Å². The summed E-state index contributed by atoms with van der Waals surface area (Å²) < 4.78 is 33.8. The fraction of sp³-hybridized carbons (Fsp3) is 0.938. The van der Waals surface area contributed by atoms with Crippen molar-refractivity contribution < 1.29 is 27.9 Å². The molecule has 1 amide bonds. The van der Waals surface area contributed by atoms with E-state index in [1.54, 1.807) is 18.7 Å². The van der Waals surface area contributed by atoms with Crippen molar-refractivity contribution in [1.82, 2.24) is 4.90 Å². The van der Waals surface area contributed by atoms with E-state index in [4.69, 9.17) is 18.5 Å². The van der Waals surface area contributed by atoms with Crippen molar-refractivity contribution in [3.05, 3.63) is 0 Å². The van der Waals surface area contributed by atoms with E-state index in [-0.39, 0.29) is 24.9 Å². The Bertz CT molecular complexity index is 427. The Kier molecular flexibility index (Phi) is 8.71. The standard InChI is InChI=1S/C16H32NO6P/c1-6-21-24(19,22-7-2)12-11-20-13-14-9-8-10-17(14)15(18)23-16(3,4)5/h14H,6-13H2,1-5H3. The molecule has 1 heterocycles. The fourth-order valence-corrected chi connectivity index (χ4v) is 4.00. The third kappa shape index (κ3) is 7.51. The van der Waals surface area contributed by atoms with Gasteiger partial charge in [0.15, 0.2) is 0 Å². The molecular weight excluding hydrogens is 333 g/mol. The van der Waals surface area contributed by atoms with Gasteiger partial charge in [0.25, 0.3) is 0 Å². The van der Waals surface area contributed by atoms with Gasteiger partial charge in [0.2, 0.25) is 0 Å². The van der Waals surface area contributed by atoms with Crippen LogP contribution in [-0.2, 0) is 23.1 Å². The van der Waals surface area contributed by atoms with Crippen LogP contribution in [-0.4, -0.2) is 61.8 Å². The summed E-state index contributed by atoms with van der Waals surface area (Å²) in [6, 6.07) is -0.00146. The van der Waals surface area contributed by atoms with Gasteiger partial charge in [-0.1, -0.05) is 0 Å². The van der Waals surface area contributed by atoms with Gasteiger partial charge in [-0.05, 0) is 47.5 Å². The highest BCUT2D eigenvalue weighted by Crippen LogP contribution is 2.47. The summed E-state index contributed by atoms with van der Waals surface area (Å²) in [7, 11) is -3.07. The molecule has 7 nitrogen and oxygen atoms in total. The van der Waals surface area contributed by atoms with Crippen LogP contribution in [0.4, 0.5) is 4.79 Å².